The van der Waals surface area contributed by atoms with Gasteiger partial charge >= 0.3 is 0 Å². The quantitative estimate of drug-likeness (QED) is 0.934. The Bertz CT molecular complexity index is 643. The van der Waals surface area contributed by atoms with Gasteiger partial charge in [0.05, 0.1) is 14.2 Å². The molecular weight excluding hydrogens is 266 g/mol. The third-order valence-corrected chi connectivity index (χ3v) is 3.30. The fraction of sp³-hybridized carbons (Fsp3) is 0.235. The molecule has 2 rings (SSSR count). The van der Waals surface area contributed by atoms with Gasteiger partial charge in [-0.3, -0.25) is 4.79 Å². The van der Waals surface area contributed by atoms with Crippen LogP contribution in [0.15, 0.2) is 36.4 Å². The minimum absolute atomic E-state index is 0.252. The highest BCUT2D eigenvalue weighted by atomic mass is 16.5. The van der Waals surface area contributed by atoms with E-state index in [9.17, 15) is 4.79 Å². The fourth-order valence-electron chi connectivity index (χ4n) is 2.13. The summed E-state index contributed by atoms with van der Waals surface area (Å²) in [6.07, 6.45) is 0. The normalized spacial score (nSPS) is 10.1. The first-order valence-corrected chi connectivity index (χ1v) is 6.66. The number of rotatable bonds is 4. The number of anilines is 1. The van der Waals surface area contributed by atoms with Crippen LogP contribution in [-0.4, -0.2) is 20.1 Å². The molecule has 2 aromatic rings. The summed E-state index contributed by atoms with van der Waals surface area (Å²) in [6, 6.07) is 11.2. The number of carbonyl (C=O) groups excluding carboxylic acids is 1. The lowest BCUT2D eigenvalue weighted by atomic mass is 10.1. The zero-order valence-electron chi connectivity index (χ0n) is 12.7. The molecule has 0 unspecified atom stereocenters. The van der Waals surface area contributed by atoms with Crippen molar-refractivity contribution in [3.63, 3.8) is 0 Å². The number of methoxy groups -OCH3 is 2. The van der Waals surface area contributed by atoms with Crippen LogP contribution >= 0.6 is 0 Å². The van der Waals surface area contributed by atoms with E-state index in [4.69, 9.17) is 9.47 Å². The van der Waals surface area contributed by atoms with Gasteiger partial charge in [0.1, 0.15) is 17.1 Å². The first kappa shape index (κ1) is 14.9. The zero-order valence-corrected chi connectivity index (χ0v) is 12.7. The van der Waals surface area contributed by atoms with Gasteiger partial charge in [-0.15, -0.1) is 0 Å². The number of ether oxygens (including phenoxy) is 2. The predicted molar refractivity (Wildman–Crippen MR) is 83.4 cm³/mol. The number of nitrogens with one attached hydrogen (secondary N) is 1. The Morgan fingerprint density at radius 1 is 1.00 bits per heavy atom. The number of amides is 1. The molecule has 0 saturated heterocycles. The molecule has 0 fully saturated rings. The van der Waals surface area contributed by atoms with Crippen LogP contribution in [0.1, 0.15) is 21.5 Å². The molecule has 0 atom stereocenters. The minimum atomic E-state index is -0.252. The van der Waals surface area contributed by atoms with Crippen molar-refractivity contribution >= 4 is 11.6 Å². The summed E-state index contributed by atoms with van der Waals surface area (Å²) >= 11 is 0. The zero-order chi connectivity index (χ0) is 15.4. The molecule has 4 nitrogen and oxygen atoms in total. The molecule has 2 aromatic carbocycles. The molecule has 0 saturated carbocycles. The number of hydrogen-bond donors (Lipinski definition) is 1. The molecule has 0 aliphatic heterocycles. The van der Waals surface area contributed by atoms with Crippen molar-refractivity contribution in [2.24, 2.45) is 0 Å². The topological polar surface area (TPSA) is 47.6 Å². The van der Waals surface area contributed by atoms with Crippen LogP contribution in [0.5, 0.6) is 11.5 Å². The van der Waals surface area contributed by atoms with E-state index in [1.807, 2.05) is 32.0 Å². The van der Waals surface area contributed by atoms with Crippen LogP contribution in [0.4, 0.5) is 5.69 Å². The highest BCUT2D eigenvalue weighted by molar-refractivity contribution is 6.08. The van der Waals surface area contributed by atoms with Crippen molar-refractivity contribution in [3.8, 4) is 11.5 Å². The maximum atomic E-state index is 12.6. The lowest BCUT2D eigenvalue weighted by molar-refractivity contribution is 0.102. The Balaban J connectivity index is 2.38. The molecule has 110 valence electrons. The van der Waals surface area contributed by atoms with Gasteiger partial charge in [0.15, 0.2) is 0 Å². The van der Waals surface area contributed by atoms with E-state index in [2.05, 4.69) is 5.32 Å². The van der Waals surface area contributed by atoms with Gasteiger partial charge in [0.25, 0.3) is 5.91 Å². The third kappa shape index (κ3) is 3.16. The van der Waals surface area contributed by atoms with Crippen LogP contribution in [-0.2, 0) is 0 Å². The molecule has 0 heterocycles. The second kappa shape index (κ2) is 6.31. The van der Waals surface area contributed by atoms with Gasteiger partial charge in [-0.05, 0) is 43.2 Å². The lowest BCUT2D eigenvalue weighted by Gasteiger charge is -2.14. The smallest absolute Gasteiger partial charge is 0.263 e. The van der Waals surface area contributed by atoms with E-state index in [0.717, 1.165) is 16.8 Å². The van der Waals surface area contributed by atoms with E-state index in [1.165, 1.54) is 14.2 Å². The van der Waals surface area contributed by atoms with Gasteiger partial charge in [-0.25, -0.2) is 0 Å². The first-order valence-electron chi connectivity index (χ1n) is 6.66. The lowest BCUT2D eigenvalue weighted by Crippen LogP contribution is -2.15. The van der Waals surface area contributed by atoms with E-state index in [-0.39, 0.29) is 5.91 Å². The summed E-state index contributed by atoms with van der Waals surface area (Å²) in [4.78, 5) is 12.6. The van der Waals surface area contributed by atoms with Gasteiger partial charge in [-0.2, -0.15) is 0 Å². The molecule has 0 radical (unpaired) electrons. The second-order valence-electron chi connectivity index (χ2n) is 4.81. The van der Waals surface area contributed by atoms with Crippen molar-refractivity contribution in [1.29, 1.82) is 0 Å². The Morgan fingerprint density at radius 2 is 1.62 bits per heavy atom. The Kier molecular flexibility index (Phi) is 4.48. The molecule has 0 aromatic heterocycles. The number of aryl methyl sites for hydroxylation is 2. The Morgan fingerprint density at radius 3 is 2.19 bits per heavy atom. The maximum Gasteiger partial charge on any atom is 0.263 e. The van der Waals surface area contributed by atoms with Crippen LogP contribution in [0.25, 0.3) is 0 Å². The first-order chi connectivity index (χ1) is 10.1. The summed E-state index contributed by atoms with van der Waals surface area (Å²) in [7, 11) is 3.06. The fourth-order valence-corrected chi connectivity index (χ4v) is 2.13. The van der Waals surface area contributed by atoms with E-state index in [0.29, 0.717) is 17.1 Å². The van der Waals surface area contributed by atoms with Crippen molar-refractivity contribution in [2.45, 2.75) is 13.8 Å². The van der Waals surface area contributed by atoms with Gasteiger partial charge in [0, 0.05) is 5.69 Å². The Labute approximate surface area is 124 Å². The largest absolute Gasteiger partial charge is 0.496 e. The molecule has 1 amide bonds. The van der Waals surface area contributed by atoms with Crippen molar-refractivity contribution < 1.29 is 14.3 Å². The summed E-state index contributed by atoms with van der Waals surface area (Å²) in [5.74, 6) is 0.715. The van der Waals surface area contributed by atoms with Crippen molar-refractivity contribution in [1.82, 2.24) is 0 Å². The molecule has 0 bridgehead atoms. The van der Waals surface area contributed by atoms with Gasteiger partial charge < -0.3 is 14.8 Å². The van der Waals surface area contributed by atoms with Gasteiger partial charge in [-0.1, -0.05) is 18.2 Å². The summed E-state index contributed by atoms with van der Waals surface area (Å²) in [6.45, 7) is 3.94. The SMILES string of the molecule is COc1cccc(OC)c1C(=O)Nc1cc(C)ccc1C. The summed E-state index contributed by atoms with van der Waals surface area (Å²) in [5.41, 5.74) is 3.27. The van der Waals surface area contributed by atoms with Crippen LogP contribution in [0.2, 0.25) is 0 Å². The van der Waals surface area contributed by atoms with Crippen LogP contribution in [0, 0.1) is 13.8 Å². The number of hydrogen-bond acceptors (Lipinski definition) is 3. The van der Waals surface area contributed by atoms with Crippen molar-refractivity contribution in [3.05, 3.63) is 53.1 Å². The van der Waals surface area contributed by atoms with E-state index < -0.39 is 0 Å². The standard InChI is InChI=1S/C17H19NO3/c1-11-8-9-12(2)13(10-11)18-17(19)16-14(20-3)6-5-7-15(16)21-4/h5-10H,1-4H3,(H,18,19). The van der Waals surface area contributed by atoms with Gasteiger partial charge in [0.2, 0.25) is 0 Å². The van der Waals surface area contributed by atoms with Crippen LogP contribution < -0.4 is 14.8 Å². The molecule has 4 heteroatoms. The predicted octanol–water partition coefficient (Wildman–Crippen LogP) is 3.57. The molecule has 0 aliphatic rings. The molecule has 21 heavy (non-hydrogen) atoms. The number of carbonyl (C=O) groups is 1. The molecule has 1 N–H and O–H groups in total. The average molecular weight is 285 g/mol. The van der Waals surface area contributed by atoms with E-state index in [1.54, 1.807) is 18.2 Å². The summed E-state index contributed by atoms with van der Waals surface area (Å²) < 4.78 is 10.5. The van der Waals surface area contributed by atoms with E-state index >= 15 is 0 Å². The third-order valence-electron chi connectivity index (χ3n) is 3.30. The molecular formula is C17H19NO3. The average Bonchev–Trinajstić information content (AvgIpc) is 2.49. The monoisotopic (exact) mass is 285 g/mol. The minimum Gasteiger partial charge on any atom is -0.496 e. The van der Waals surface area contributed by atoms with Crippen molar-refractivity contribution in [2.75, 3.05) is 19.5 Å². The Hall–Kier alpha value is -2.49. The highest BCUT2D eigenvalue weighted by Gasteiger charge is 2.18. The molecule has 0 spiro atoms. The van der Waals surface area contributed by atoms with Crippen LogP contribution in [0.3, 0.4) is 0 Å². The maximum absolute atomic E-state index is 12.6. The summed E-state index contributed by atoms with van der Waals surface area (Å²) in [5, 5.41) is 2.92. The highest BCUT2D eigenvalue weighted by Crippen LogP contribution is 2.29. The number of benzene rings is 2. The molecule has 0 aliphatic carbocycles. The second-order valence-corrected chi connectivity index (χ2v) is 4.81.